The van der Waals surface area contributed by atoms with Crippen LogP contribution in [0.4, 0.5) is 5.82 Å². The summed E-state index contributed by atoms with van der Waals surface area (Å²) < 4.78 is 6.14. The van der Waals surface area contributed by atoms with Gasteiger partial charge in [0.1, 0.15) is 17.4 Å². The molecule has 0 aliphatic rings. The molecular formula is C14H17BrN4O. The smallest absolute Gasteiger partial charge is 0.133 e. The van der Waals surface area contributed by atoms with Crippen LogP contribution in [0.1, 0.15) is 11.4 Å². The second kappa shape index (κ2) is 7.21. The predicted octanol–water partition coefficient (Wildman–Crippen LogP) is 2.36. The molecule has 0 amide bonds. The zero-order chi connectivity index (χ0) is 14.4. The monoisotopic (exact) mass is 336 g/mol. The van der Waals surface area contributed by atoms with Crippen molar-refractivity contribution >= 4 is 21.7 Å². The van der Waals surface area contributed by atoms with Crippen molar-refractivity contribution < 1.29 is 4.74 Å². The van der Waals surface area contributed by atoms with Crippen LogP contribution in [0.15, 0.2) is 34.9 Å². The first-order valence-electron chi connectivity index (χ1n) is 6.31. The zero-order valence-electron chi connectivity index (χ0n) is 11.3. The van der Waals surface area contributed by atoms with Crippen LogP contribution in [0.3, 0.4) is 0 Å². The quantitative estimate of drug-likeness (QED) is 0.847. The Morgan fingerprint density at radius 1 is 1.35 bits per heavy atom. The van der Waals surface area contributed by atoms with E-state index in [-0.39, 0.29) is 0 Å². The summed E-state index contributed by atoms with van der Waals surface area (Å²) in [6.07, 6.45) is 2.42. The van der Waals surface area contributed by atoms with Crippen molar-refractivity contribution in [2.45, 2.75) is 13.0 Å². The van der Waals surface area contributed by atoms with Crippen LogP contribution in [0.2, 0.25) is 0 Å². The molecule has 5 nitrogen and oxygen atoms in total. The molecule has 0 bridgehead atoms. The maximum atomic E-state index is 5.50. The average molecular weight is 337 g/mol. The van der Waals surface area contributed by atoms with Gasteiger partial charge in [-0.2, -0.15) is 0 Å². The van der Waals surface area contributed by atoms with E-state index in [1.54, 1.807) is 13.3 Å². The largest absolute Gasteiger partial charge is 0.496 e. The van der Waals surface area contributed by atoms with E-state index in [1.165, 1.54) is 0 Å². The highest BCUT2D eigenvalue weighted by molar-refractivity contribution is 9.10. The highest BCUT2D eigenvalue weighted by Crippen LogP contribution is 2.25. The molecule has 0 atom stereocenters. The van der Waals surface area contributed by atoms with E-state index in [2.05, 4.69) is 31.2 Å². The lowest BCUT2D eigenvalue weighted by Gasteiger charge is -2.09. The van der Waals surface area contributed by atoms with Crippen molar-refractivity contribution in [3.63, 3.8) is 0 Å². The van der Waals surface area contributed by atoms with Crippen LogP contribution >= 0.6 is 15.9 Å². The van der Waals surface area contributed by atoms with Crippen LogP contribution in [-0.2, 0) is 13.0 Å². The maximum absolute atomic E-state index is 5.50. The normalized spacial score (nSPS) is 10.3. The molecule has 2 rings (SSSR count). The lowest BCUT2D eigenvalue weighted by molar-refractivity contribution is 0.412. The second-order valence-corrected chi connectivity index (χ2v) is 5.07. The summed E-state index contributed by atoms with van der Waals surface area (Å²) in [6, 6.07) is 7.81. The van der Waals surface area contributed by atoms with E-state index < -0.39 is 0 Å². The van der Waals surface area contributed by atoms with Gasteiger partial charge in [0.2, 0.25) is 0 Å². The summed E-state index contributed by atoms with van der Waals surface area (Å²) in [7, 11) is 1.65. The Labute approximate surface area is 126 Å². The number of rotatable bonds is 6. The Kier molecular flexibility index (Phi) is 5.31. The SMILES string of the molecule is COc1ccc(CNc2ccnc(CCN)n2)cc1Br. The summed E-state index contributed by atoms with van der Waals surface area (Å²) in [5.74, 6) is 2.38. The molecule has 3 N–H and O–H groups in total. The van der Waals surface area contributed by atoms with E-state index in [0.717, 1.165) is 27.4 Å². The standard InChI is InChI=1S/C14H17BrN4O/c1-20-12-3-2-10(8-11(12)15)9-18-14-5-7-17-13(19-14)4-6-16/h2-3,5,7-8H,4,6,9,16H2,1H3,(H,17,18,19). The van der Waals surface area contributed by atoms with Crippen molar-refractivity contribution in [1.82, 2.24) is 9.97 Å². The molecule has 1 aromatic carbocycles. The number of nitrogens with zero attached hydrogens (tertiary/aromatic N) is 2. The van der Waals surface area contributed by atoms with Gasteiger partial charge in [-0.15, -0.1) is 0 Å². The maximum Gasteiger partial charge on any atom is 0.133 e. The molecule has 20 heavy (non-hydrogen) atoms. The molecule has 0 unspecified atom stereocenters. The molecule has 2 aromatic rings. The Bertz CT molecular complexity index is 577. The number of nitrogens with two attached hydrogens (primary N) is 1. The molecular weight excluding hydrogens is 320 g/mol. The van der Waals surface area contributed by atoms with E-state index in [4.69, 9.17) is 10.5 Å². The minimum atomic E-state index is 0.550. The first-order valence-corrected chi connectivity index (χ1v) is 7.10. The predicted molar refractivity (Wildman–Crippen MR) is 82.8 cm³/mol. The van der Waals surface area contributed by atoms with Crippen LogP contribution in [0.25, 0.3) is 0 Å². The van der Waals surface area contributed by atoms with Crippen LogP contribution < -0.4 is 15.8 Å². The molecule has 0 saturated carbocycles. The summed E-state index contributed by atoms with van der Waals surface area (Å²) >= 11 is 3.47. The highest BCUT2D eigenvalue weighted by atomic mass is 79.9. The van der Waals surface area contributed by atoms with Gasteiger partial charge < -0.3 is 15.8 Å². The molecule has 0 fully saturated rings. The van der Waals surface area contributed by atoms with Crippen LogP contribution in [0, 0.1) is 0 Å². The van der Waals surface area contributed by atoms with Gasteiger partial charge in [0, 0.05) is 19.2 Å². The number of methoxy groups -OCH3 is 1. The molecule has 0 radical (unpaired) electrons. The van der Waals surface area contributed by atoms with Crippen molar-refractivity contribution in [3.8, 4) is 5.75 Å². The fraction of sp³-hybridized carbons (Fsp3) is 0.286. The number of benzene rings is 1. The van der Waals surface area contributed by atoms with E-state index in [1.807, 2.05) is 24.3 Å². The minimum absolute atomic E-state index is 0.550. The summed E-state index contributed by atoms with van der Waals surface area (Å²) in [6.45, 7) is 1.23. The number of anilines is 1. The number of halogens is 1. The number of nitrogens with one attached hydrogen (secondary N) is 1. The first kappa shape index (κ1) is 14.7. The molecule has 0 spiro atoms. The number of aromatic nitrogens is 2. The topological polar surface area (TPSA) is 73.1 Å². The minimum Gasteiger partial charge on any atom is -0.496 e. The van der Waals surface area contributed by atoms with Gasteiger partial charge >= 0.3 is 0 Å². The van der Waals surface area contributed by atoms with Crippen molar-refractivity contribution in [2.75, 3.05) is 19.0 Å². The fourth-order valence-electron chi connectivity index (χ4n) is 1.76. The molecule has 106 valence electrons. The third-order valence-electron chi connectivity index (χ3n) is 2.76. The molecule has 0 saturated heterocycles. The third-order valence-corrected chi connectivity index (χ3v) is 3.38. The molecule has 6 heteroatoms. The zero-order valence-corrected chi connectivity index (χ0v) is 12.9. The lowest BCUT2D eigenvalue weighted by atomic mass is 10.2. The lowest BCUT2D eigenvalue weighted by Crippen LogP contribution is -2.08. The Morgan fingerprint density at radius 2 is 2.20 bits per heavy atom. The molecule has 1 heterocycles. The van der Waals surface area contributed by atoms with Gasteiger partial charge in [-0.25, -0.2) is 9.97 Å². The van der Waals surface area contributed by atoms with Crippen LogP contribution in [0.5, 0.6) is 5.75 Å². The molecule has 0 aliphatic heterocycles. The Morgan fingerprint density at radius 3 is 2.90 bits per heavy atom. The number of hydrogen-bond donors (Lipinski definition) is 2. The Hall–Kier alpha value is -1.66. The Balaban J connectivity index is 2.01. The highest BCUT2D eigenvalue weighted by Gasteiger charge is 2.02. The van der Waals surface area contributed by atoms with Crippen molar-refractivity contribution in [1.29, 1.82) is 0 Å². The number of hydrogen-bond acceptors (Lipinski definition) is 5. The van der Waals surface area contributed by atoms with Gasteiger partial charge in [0.25, 0.3) is 0 Å². The summed E-state index contributed by atoms with van der Waals surface area (Å²) in [5, 5.41) is 3.27. The van der Waals surface area contributed by atoms with Crippen molar-refractivity contribution in [2.24, 2.45) is 5.73 Å². The third kappa shape index (κ3) is 3.91. The molecule has 0 aliphatic carbocycles. The summed E-state index contributed by atoms with van der Waals surface area (Å²) in [4.78, 5) is 8.56. The second-order valence-electron chi connectivity index (χ2n) is 4.22. The first-order chi connectivity index (χ1) is 9.72. The van der Waals surface area contributed by atoms with E-state index in [0.29, 0.717) is 19.5 Å². The van der Waals surface area contributed by atoms with E-state index >= 15 is 0 Å². The van der Waals surface area contributed by atoms with E-state index in [9.17, 15) is 0 Å². The fourth-order valence-corrected chi connectivity index (χ4v) is 2.35. The van der Waals surface area contributed by atoms with Gasteiger partial charge in [-0.1, -0.05) is 6.07 Å². The molecule has 1 aromatic heterocycles. The summed E-state index contributed by atoms with van der Waals surface area (Å²) in [5.41, 5.74) is 6.64. The number of ether oxygens (including phenoxy) is 1. The van der Waals surface area contributed by atoms with Gasteiger partial charge in [0.15, 0.2) is 0 Å². The van der Waals surface area contributed by atoms with Crippen molar-refractivity contribution in [3.05, 3.63) is 46.3 Å². The average Bonchev–Trinajstić information content (AvgIpc) is 2.46. The van der Waals surface area contributed by atoms with Crippen LogP contribution in [-0.4, -0.2) is 23.6 Å². The van der Waals surface area contributed by atoms with Gasteiger partial charge in [-0.3, -0.25) is 0 Å². The van der Waals surface area contributed by atoms with Gasteiger partial charge in [-0.05, 0) is 46.2 Å². The van der Waals surface area contributed by atoms with Gasteiger partial charge in [0.05, 0.1) is 11.6 Å².